The molecule has 15 heavy (non-hydrogen) atoms. The molecule has 1 aromatic carbocycles. The van der Waals surface area contributed by atoms with Gasteiger partial charge >= 0.3 is 0 Å². The van der Waals surface area contributed by atoms with Crippen LogP contribution in [-0.2, 0) is 0 Å². The van der Waals surface area contributed by atoms with Gasteiger partial charge in [0.2, 0.25) is 0 Å². The second-order valence-electron chi connectivity index (χ2n) is 4.26. The summed E-state index contributed by atoms with van der Waals surface area (Å²) in [6, 6.07) is 8.91. The Balaban J connectivity index is 2.57. The van der Waals surface area contributed by atoms with Crippen LogP contribution >= 0.6 is 15.9 Å². The van der Waals surface area contributed by atoms with Gasteiger partial charge in [-0.15, -0.1) is 0 Å². The van der Waals surface area contributed by atoms with Crippen molar-refractivity contribution in [2.45, 2.75) is 45.4 Å². The summed E-state index contributed by atoms with van der Waals surface area (Å²) in [4.78, 5) is 0. The van der Waals surface area contributed by atoms with Gasteiger partial charge in [-0.25, -0.2) is 0 Å². The highest BCUT2D eigenvalue weighted by molar-refractivity contribution is 9.09. The zero-order valence-electron chi connectivity index (χ0n) is 9.80. The van der Waals surface area contributed by atoms with E-state index in [1.165, 1.54) is 36.8 Å². The van der Waals surface area contributed by atoms with Crippen LogP contribution in [0, 0.1) is 6.92 Å². The van der Waals surface area contributed by atoms with Crippen LogP contribution in [0.2, 0.25) is 0 Å². The molecule has 0 aliphatic rings. The SMILES string of the molecule is CCCCCC(CBr)c1cccc(C)c1. The molecule has 0 spiro atoms. The lowest BCUT2D eigenvalue weighted by Gasteiger charge is -2.14. The fourth-order valence-corrected chi connectivity index (χ4v) is 2.60. The Kier molecular flexibility index (Phi) is 6.00. The lowest BCUT2D eigenvalue weighted by molar-refractivity contribution is 0.605. The van der Waals surface area contributed by atoms with E-state index in [-0.39, 0.29) is 0 Å². The highest BCUT2D eigenvalue weighted by Gasteiger charge is 2.09. The van der Waals surface area contributed by atoms with Gasteiger partial charge in [0.1, 0.15) is 0 Å². The van der Waals surface area contributed by atoms with Gasteiger partial charge in [-0.2, -0.15) is 0 Å². The van der Waals surface area contributed by atoms with E-state index in [1.807, 2.05) is 0 Å². The van der Waals surface area contributed by atoms with Crippen LogP contribution in [0.1, 0.15) is 49.7 Å². The Bertz CT molecular complexity index is 280. The van der Waals surface area contributed by atoms with Crippen molar-refractivity contribution >= 4 is 15.9 Å². The van der Waals surface area contributed by atoms with E-state index < -0.39 is 0 Å². The lowest BCUT2D eigenvalue weighted by atomic mass is 9.94. The molecule has 0 saturated carbocycles. The van der Waals surface area contributed by atoms with Crippen molar-refractivity contribution in [1.29, 1.82) is 0 Å². The number of unbranched alkanes of at least 4 members (excludes halogenated alkanes) is 2. The molecule has 1 rings (SSSR count). The molecule has 1 aromatic rings. The largest absolute Gasteiger partial charge is 0.0921 e. The number of rotatable bonds is 6. The first-order chi connectivity index (χ1) is 7.27. The first-order valence-corrected chi connectivity index (χ1v) is 7.02. The third-order valence-electron chi connectivity index (χ3n) is 2.86. The van der Waals surface area contributed by atoms with Crippen LogP contribution in [0.25, 0.3) is 0 Å². The number of benzene rings is 1. The Hall–Kier alpha value is -0.300. The lowest BCUT2D eigenvalue weighted by Crippen LogP contribution is -2.00. The van der Waals surface area contributed by atoms with E-state index in [0.717, 1.165) is 5.33 Å². The molecule has 0 nitrogen and oxygen atoms in total. The molecular formula is C14H21Br. The van der Waals surface area contributed by atoms with Crippen molar-refractivity contribution in [3.8, 4) is 0 Å². The van der Waals surface area contributed by atoms with Gasteiger partial charge in [0.05, 0.1) is 0 Å². The van der Waals surface area contributed by atoms with Crippen LogP contribution in [0.4, 0.5) is 0 Å². The van der Waals surface area contributed by atoms with Crippen molar-refractivity contribution in [1.82, 2.24) is 0 Å². The maximum Gasteiger partial charge on any atom is 0.0100 e. The monoisotopic (exact) mass is 268 g/mol. The molecule has 84 valence electrons. The van der Waals surface area contributed by atoms with Crippen LogP contribution < -0.4 is 0 Å². The summed E-state index contributed by atoms with van der Waals surface area (Å²) in [5.41, 5.74) is 2.86. The zero-order valence-corrected chi connectivity index (χ0v) is 11.4. The Morgan fingerprint density at radius 3 is 2.67 bits per heavy atom. The molecule has 0 bridgehead atoms. The summed E-state index contributed by atoms with van der Waals surface area (Å²) in [7, 11) is 0. The summed E-state index contributed by atoms with van der Waals surface area (Å²) >= 11 is 3.63. The van der Waals surface area contributed by atoms with Crippen LogP contribution in [0.3, 0.4) is 0 Å². The Labute approximate surface area is 102 Å². The summed E-state index contributed by atoms with van der Waals surface area (Å²) in [5, 5.41) is 1.08. The van der Waals surface area contributed by atoms with Gasteiger partial charge in [0.15, 0.2) is 0 Å². The summed E-state index contributed by atoms with van der Waals surface area (Å²) in [6.45, 7) is 4.43. The third-order valence-corrected chi connectivity index (χ3v) is 3.64. The number of hydrogen-bond donors (Lipinski definition) is 0. The molecule has 0 aromatic heterocycles. The second-order valence-corrected chi connectivity index (χ2v) is 4.91. The predicted molar refractivity (Wildman–Crippen MR) is 71.9 cm³/mol. The molecule has 0 aliphatic heterocycles. The van der Waals surface area contributed by atoms with Crippen LogP contribution in [0.5, 0.6) is 0 Å². The van der Waals surface area contributed by atoms with E-state index in [0.29, 0.717) is 5.92 Å². The number of hydrogen-bond acceptors (Lipinski definition) is 0. The van der Waals surface area contributed by atoms with Crippen molar-refractivity contribution in [3.63, 3.8) is 0 Å². The smallest absolute Gasteiger partial charge is 0.0100 e. The van der Waals surface area contributed by atoms with E-state index in [4.69, 9.17) is 0 Å². The molecule has 1 atom stereocenters. The average molecular weight is 269 g/mol. The maximum absolute atomic E-state index is 3.63. The minimum atomic E-state index is 0.691. The van der Waals surface area contributed by atoms with Gasteiger partial charge in [-0.3, -0.25) is 0 Å². The summed E-state index contributed by atoms with van der Waals surface area (Å²) < 4.78 is 0. The van der Waals surface area contributed by atoms with E-state index in [9.17, 15) is 0 Å². The van der Waals surface area contributed by atoms with E-state index in [2.05, 4.69) is 54.0 Å². The molecule has 0 N–H and O–H groups in total. The van der Waals surface area contributed by atoms with E-state index in [1.54, 1.807) is 0 Å². The fourth-order valence-electron chi connectivity index (χ4n) is 1.90. The second kappa shape index (κ2) is 7.05. The minimum absolute atomic E-state index is 0.691. The summed E-state index contributed by atoms with van der Waals surface area (Å²) in [5.74, 6) is 0.691. The predicted octanol–water partition coefficient (Wildman–Crippen LogP) is 5.05. The van der Waals surface area contributed by atoms with Gasteiger partial charge in [-0.1, -0.05) is 71.9 Å². The van der Waals surface area contributed by atoms with Gasteiger partial charge in [-0.05, 0) is 24.8 Å². The fraction of sp³-hybridized carbons (Fsp3) is 0.571. The third kappa shape index (κ3) is 4.38. The molecule has 0 saturated heterocycles. The van der Waals surface area contributed by atoms with Crippen molar-refractivity contribution in [3.05, 3.63) is 35.4 Å². The normalized spacial score (nSPS) is 12.7. The molecule has 0 radical (unpaired) electrons. The molecule has 1 heteroatoms. The van der Waals surface area contributed by atoms with Gasteiger partial charge in [0.25, 0.3) is 0 Å². The number of alkyl halides is 1. The van der Waals surface area contributed by atoms with E-state index >= 15 is 0 Å². The first-order valence-electron chi connectivity index (χ1n) is 5.90. The van der Waals surface area contributed by atoms with Gasteiger partial charge < -0.3 is 0 Å². The van der Waals surface area contributed by atoms with Crippen molar-refractivity contribution < 1.29 is 0 Å². The molecule has 0 heterocycles. The molecular weight excluding hydrogens is 248 g/mol. The number of aryl methyl sites for hydroxylation is 1. The highest BCUT2D eigenvalue weighted by atomic mass is 79.9. The van der Waals surface area contributed by atoms with Gasteiger partial charge in [0, 0.05) is 5.33 Å². The van der Waals surface area contributed by atoms with Crippen LogP contribution in [0.15, 0.2) is 24.3 Å². The zero-order chi connectivity index (χ0) is 11.1. The number of halogens is 1. The highest BCUT2D eigenvalue weighted by Crippen LogP contribution is 2.25. The maximum atomic E-state index is 3.63. The molecule has 0 aliphatic carbocycles. The van der Waals surface area contributed by atoms with Crippen LogP contribution in [-0.4, -0.2) is 5.33 Å². The molecule has 0 amide bonds. The minimum Gasteiger partial charge on any atom is -0.0921 e. The standard InChI is InChI=1S/C14H21Br/c1-3-4-5-8-14(11-15)13-9-6-7-12(2)10-13/h6-7,9-10,14H,3-5,8,11H2,1-2H3. The first kappa shape index (κ1) is 12.8. The Morgan fingerprint density at radius 1 is 1.27 bits per heavy atom. The van der Waals surface area contributed by atoms with Crippen molar-refractivity contribution in [2.75, 3.05) is 5.33 Å². The molecule has 1 unspecified atom stereocenters. The quantitative estimate of drug-likeness (QED) is 0.500. The Morgan fingerprint density at radius 2 is 2.07 bits per heavy atom. The topological polar surface area (TPSA) is 0 Å². The van der Waals surface area contributed by atoms with Crippen molar-refractivity contribution in [2.24, 2.45) is 0 Å². The molecule has 0 fully saturated rings. The average Bonchev–Trinajstić information content (AvgIpc) is 2.24. The summed E-state index contributed by atoms with van der Waals surface area (Å²) in [6.07, 6.45) is 5.32.